The molecule has 0 heterocycles. The van der Waals surface area contributed by atoms with Crippen LogP contribution in [0.2, 0.25) is 0 Å². The van der Waals surface area contributed by atoms with Crippen molar-refractivity contribution in [3.63, 3.8) is 0 Å². The van der Waals surface area contributed by atoms with Crippen LogP contribution in [0, 0.1) is 17.8 Å². The molecular formula is C21H32. The molecule has 0 bridgehead atoms. The minimum absolute atomic E-state index is 0.846. The molecule has 0 amide bonds. The van der Waals surface area contributed by atoms with Gasteiger partial charge in [0, 0.05) is 0 Å². The van der Waals surface area contributed by atoms with E-state index in [0.29, 0.717) is 0 Å². The smallest absolute Gasteiger partial charge is 0.0162 e. The first-order valence-electron chi connectivity index (χ1n) is 9.41. The lowest BCUT2D eigenvalue weighted by Gasteiger charge is -2.38. The lowest BCUT2D eigenvalue weighted by atomic mass is 9.68. The third-order valence-electron chi connectivity index (χ3n) is 6.30. The second-order valence-corrected chi connectivity index (χ2v) is 7.59. The van der Waals surface area contributed by atoms with Crippen LogP contribution in [-0.4, -0.2) is 0 Å². The molecule has 2 fully saturated rings. The van der Waals surface area contributed by atoms with E-state index < -0.39 is 0 Å². The van der Waals surface area contributed by atoms with E-state index in [0.717, 1.165) is 23.7 Å². The van der Waals surface area contributed by atoms with Crippen molar-refractivity contribution in [1.82, 2.24) is 0 Å². The van der Waals surface area contributed by atoms with E-state index in [1.165, 1.54) is 64.2 Å². The predicted octanol–water partition coefficient (Wildman–Crippen LogP) is 6.57. The molecule has 0 saturated heterocycles. The summed E-state index contributed by atoms with van der Waals surface area (Å²) in [5.74, 6) is 4.02. The minimum Gasteiger partial charge on any atom is -0.0654 e. The Bertz CT molecular complexity index is 391. The van der Waals surface area contributed by atoms with Crippen molar-refractivity contribution >= 4 is 0 Å². The highest BCUT2D eigenvalue weighted by Gasteiger charge is 2.30. The molecule has 0 heteroatoms. The molecule has 0 aromatic heterocycles. The zero-order valence-electron chi connectivity index (χ0n) is 13.8. The Balaban J connectivity index is 1.46. The van der Waals surface area contributed by atoms with Gasteiger partial charge < -0.3 is 0 Å². The summed E-state index contributed by atoms with van der Waals surface area (Å²) < 4.78 is 0. The van der Waals surface area contributed by atoms with E-state index in [1.807, 2.05) is 0 Å². The highest BCUT2D eigenvalue weighted by Crippen LogP contribution is 2.44. The quantitative estimate of drug-likeness (QED) is 0.586. The van der Waals surface area contributed by atoms with Gasteiger partial charge >= 0.3 is 0 Å². The highest BCUT2D eigenvalue weighted by molar-refractivity contribution is 5.19. The Labute approximate surface area is 131 Å². The molecule has 116 valence electrons. The van der Waals surface area contributed by atoms with Crippen LogP contribution in [0.5, 0.6) is 0 Å². The SMILES string of the molecule is CCCC1CCC(C2CCC(c3ccccc3)CC2)CC1. The van der Waals surface area contributed by atoms with Gasteiger partial charge in [-0.15, -0.1) is 0 Å². The zero-order valence-corrected chi connectivity index (χ0v) is 13.8. The minimum atomic E-state index is 0.846. The Hall–Kier alpha value is -0.780. The van der Waals surface area contributed by atoms with Gasteiger partial charge in [0.1, 0.15) is 0 Å². The van der Waals surface area contributed by atoms with Gasteiger partial charge in [0.2, 0.25) is 0 Å². The molecule has 21 heavy (non-hydrogen) atoms. The van der Waals surface area contributed by atoms with Crippen molar-refractivity contribution in [3.05, 3.63) is 35.9 Å². The summed E-state index contributed by atoms with van der Waals surface area (Å²) >= 11 is 0. The number of benzene rings is 1. The number of hydrogen-bond donors (Lipinski definition) is 0. The maximum atomic E-state index is 2.34. The average Bonchev–Trinajstić information content (AvgIpc) is 2.57. The zero-order chi connectivity index (χ0) is 14.5. The second-order valence-electron chi connectivity index (χ2n) is 7.59. The first-order chi connectivity index (χ1) is 10.4. The van der Waals surface area contributed by atoms with E-state index in [-0.39, 0.29) is 0 Å². The molecule has 0 radical (unpaired) electrons. The fourth-order valence-electron chi connectivity index (χ4n) is 5.01. The lowest BCUT2D eigenvalue weighted by Crippen LogP contribution is -2.25. The van der Waals surface area contributed by atoms with Crippen molar-refractivity contribution < 1.29 is 0 Å². The molecule has 0 spiro atoms. The van der Waals surface area contributed by atoms with Gasteiger partial charge in [-0.05, 0) is 67.8 Å². The van der Waals surface area contributed by atoms with Crippen LogP contribution in [0.1, 0.15) is 82.6 Å². The van der Waals surface area contributed by atoms with Crippen molar-refractivity contribution in [1.29, 1.82) is 0 Å². The average molecular weight is 284 g/mol. The maximum Gasteiger partial charge on any atom is -0.0162 e. The lowest BCUT2D eigenvalue weighted by molar-refractivity contribution is 0.156. The van der Waals surface area contributed by atoms with Gasteiger partial charge in [0.05, 0.1) is 0 Å². The van der Waals surface area contributed by atoms with Gasteiger partial charge in [0.25, 0.3) is 0 Å². The third kappa shape index (κ3) is 3.90. The largest absolute Gasteiger partial charge is 0.0654 e. The highest BCUT2D eigenvalue weighted by atomic mass is 14.4. The van der Waals surface area contributed by atoms with Crippen molar-refractivity contribution in [2.45, 2.75) is 77.0 Å². The molecule has 0 N–H and O–H groups in total. The maximum absolute atomic E-state index is 2.34. The molecule has 2 aliphatic rings. The third-order valence-corrected chi connectivity index (χ3v) is 6.30. The molecule has 1 aromatic carbocycles. The van der Waals surface area contributed by atoms with Gasteiger partial charge in [-0.25, -0.2) is 0 Å². The van der Waals surface area contributed by atoms with Crippen LogP contribution in [0.3, 0.4) is 0 Å². The van der Waals surface area contributed by atoms with E-state index in [2.05, 4.69) is 37.3 Å². The van der Waals surface area contributed by atoms with Crippen LogP contribution in [0.25, 0.3) is 0 Å². The summed E-state index contributed by atoms with van der Waals surface area (Å²) in [5, 5.41) is 0. The van der Waals surface area contributed by atoms with E-state index in [4.69, 9.17) is 0 Å². The topological polar surface area (TPSA) is 0 Å². The van der Waals surface area contributed by atoms with Gasteiger partial charge in [-0.1, -0.05) is 62.9 Å². The molecule has 1 aromatic rings. The Morgan fingerprint density at radius 1 is 0.762 bits per heavy atom. The van der Waals surface area contributed by atoms with E-state index >= 15 is 0 Å². The first kappa shape index (κ1) is 15.1. The molecular weight excluding hydrogens is 252 g/mol. The summed E-state index contributed by atoms with van der Waals surface area (Å²) in [7, 11) is 0. The number of rotatable bonds is 4. The Morgan fingerprint density at radius 2 is 1.33 bits per heavy atom. The predicted molar refractivity (Wildman–Crippen MR) is 91.5 cm³/mol. The fraction of sp³-hybridized carbons (Fsp3) is 0.714. The van der Waals surface area contributed by atoms with E-state index in [9.17, 15) is 0 Å². The summed E-state index contributed by atoms with van der Waals surface area (Å²) in [6, 6.07) is 11.2. The number of hydrogen-bond acceptors (Lipinski definition) is 0. The van der Waals surface area contributed by atoms with Crippen molar-refractivity contribution in [2.24, 2.45) is 17.8 Å². The van der Waals surface area contributed by atoms with Gasteiger partial charge in [0.15, 0.2) is 0 Å². The fourth-order valence-corrected chi connectivity index (χ4v) is 5.01. The van der Waals surface area contributed by atoms with Crippen LogP contribution in [-0.2, 0) is 0 Å². The molecule has 0 unspecified atom stereocenters. The van der Waals surface area contributed by atoms with Crippen LogP contribution in [0.15, 0.2) is 30.3 Å². The summed E-state index contributed by atoms with van der Waals surface area (Å²) in [6.45, 7) is 2.34. The van der Waals surface area contributed by atoms with Crippen LogP contribution >= 0.6 is 0 Å². The molecule has 0 nitrogen and oxygen atoms in total. The summed E-state index contributed by atoms with van der Waals surface area (Å²) in [4.78, 5) is 0. The molecule has 3 rings (SSSR count). The monoisotopic (exact) mass is 284 g/mol. The Kier molecular flexibility index (Phi) is 5.38. The Morgan fingerprint density at radius 3 is 1.90 bits per heavy atom. The van der Waals surface area contributed by atoms with Gasteiger partial charge in [-0.2, -0.15) is 0 Å². The molecule has 0 aliphatic heterocycles. The second kappa shape index (κ2) is 7.47. The van der Waals surface area contributed by atoms with Crippen LogP contribution in [0.4, 0.5) is 0 Å². The first-order valence-corrected chi connectivity index (χ1v) is 9.41. The van der Waals surface area contributed by atoms with Crippen LogP contribution < -0.4 is 0 Å². The van der Waals surface area contributed by atoms with E-state index in [1.54, 1.807) is 5.56 Å². The summed E-state index contributed by atoms with van der Waals surface area (Å²) in [5.41, 5.74) is 1.59. The molecule has 2 aliphatic carbocycles. The standard InChI is InChI=1S/C21H32/c1-2-6-17-9-11-19(12-10-17)21-15-13-20(14-16-21)18-7-4-3-5-8-18/h3-5,7-8,17,19-21H,2,6,9-16H2,1H3. The van der Waals surface area contributed by atoms with Crippen molar-refractivity contribution in [2.75, 3.05) is 0 Å². The van der Waals surface area contributed by atoms with Gasteiger partial charge in [-0.3, -0.25) is 0 Å². The molecule has 2 saturated carbocycles. The van der Waals surface area contributed by atoms with Crippen molar-refractivity contribution in [3.8, 4) is 0 Å². The summed E-state index contributed by atoms with van der Waals surface area (Å²) in [6.07, 6.45) is 14.8. The molecule has 0 atom stereocenters. The normalized spacial score (nSPS) is 33.8.